The van der Waals surface area contributed by atoms with E-state index in [0.717, 1.165) is 4.31 Å². The number of aryl methyl sites for hydroxylation is 2. The van der Waals surface area contributed by atoms with E-state index >= 15 is 0 Å². The second-order valence-electron chi connectivity index (χ2n) is 6.42. The minimum Gasteiger partial charge on any atom is -0.452 e. The first-order valence-corrected chi connectivity index (χ1v) is 9.91. The number of benzene rings is 1. The van der Waals surface area contributed by atoms with Gasteiger partial charge in [-0.3, -0.25) is 9.59 Å². The Morgan fingerprint density at radius 2 is 1.96 bits per heavy atom. The number of carbonyl (C=O) groups is 2. The van der Waals surface area contributed by atoms with Gasteiger partial charge >= 0.3 is 5.97 Å². The molecule has 10 heteroatoms. The molecule has 1 atom stereocenters. The molecule has 0 bridgehead atoms. The molecule has 28 heavy (non-hydrogen) atoms. The standard InChI is InChI=1S/C18H23N3O6S/c1-11-16(12(2)27-20-11)10-17(22)26-13(3)18(23)19-14-7-6-8-15(9-14)28(24,25)21(4)5/h6-9,13H,10H2,1-5H3,(H,19,23)/t13-/m0/s1. The van der Waals surface area contributed by atoms with Crippen molar-refractivity contribution in [1.82, 2.24) is 9.46 Å². The van der Waals surface area contributed by atoms with Gasteiger partial charge in [0.15, 0.2) is 6.10 Å². The number of ether oxygens (including phenoxy) is 1. The molecular weight excluding hydrogens is 386 g/mol. The fourth-order valence-corrected chi connectivity index (χ4v) is 3.33. The molecule has 2 aromatic rings. The molecule has 0 spiro atoms. The van der Waals surface area contributed by atoms with E-state index in [1.54, 1.807) is 19.9 Å². The summed E-state index contributed by atoms with van der Waals surface area (Å²) in [5.74, 6) is -0.655. The molecule has 0 aliphatic heterocycles. The van der Waals surface area contributed by atoms with Gasteiger partial charge in [0.1, 0.15) is 5.76 Å². The highest BCUT2D eigenvalue weighted by molar-refractivity contribution is 7.89. The van der Waals surface area contributed by atoms with E-state index in [-0.39, 0.29) is 17.0 Å². The van der Waals surface area contributed by atoms with Gasteiger partial charge in [0.2, 0.25) is 10.0 Å². The molecule has 1 N–H and O–H groups in total. The van der Waals surface area contributed by atoms with Crippen LogP contribution in [0.3, 0.4) is 0 Å². The van der Waals surface area contributed by atoms with Crippen LogP contribution in [0.4, 0.5) is 5.69 Å². The fourth-order valence-electron chi connectivity index (χ4n) is 2.38. The van der Waals surface area contributed by atoms with E-state index in [0.29, 0.717) is 17.0 Å². The molecule has 1 amide bonds. The van der Waals surface area contributed by atoms with Crippen LogP contribution in [0.2, 0.25) is 0 Å². The van der Waals surface area contributed by atoms with Crippen LogP contribution in [0.1, 0.15) is 23.9 Å². The summed E-state index contributed by atoms with van der Waals surface area (Å²) in [7, 11) is -0.794. The number of hydrogen-bond donors (Lipinski definition) is 1. The monoisotopic (exact) mass is 409 g/mol. The summed E-state index contributed by atoms with van der Waals surface area (Å²) in [6, 6.07) is 5.83. The number of nitrogens with one attached hydrogen (secondary N) is 1. The Hall–Kier alpha value is -2.72. The van der Waals surface area contributed by atoms with Crippen molar-refractivity contribution in [3.8, 4) is 0 Å². The summed E-state index contributed by atoms with van der Waals surface area (Å²) in [5.41, 5.74) is 1.49. The molecule has 0 aliphatic rings. The van der Waals surface area contributed by atoms with Crippen LogP contribution >= 0.6 is 0 Å². The predicted molar refractivity (Wildman–Crippen MR) is 101 cm³/mol. The van der Waals surface area contributed by atoms with Gasteiger partial charge in [0, 0.05) is 25.3 Å². The van der Waals surface area contributed by atoms with Crippen LogP contribution in [0.5, 0.6) is 0 Å². The maximum atomic E-state index is 12.3. The lowest BCUT2D eigenvalue weighted by molar-refractivity contribution is -0.152. The highest BCUT2D eigenvalue weighted by Gasteiger charge is 2.22. The Labute approximate surface area is 163 Å². The molecule has 152 valence electrons. The van der Waals surface area contributed by atoms with E-state index < -0.39 is 28.0 Å². The Kier molecular flexibility index (Phi) is 6.57. The third-order valence-corrected chi connectivity index (χ3v) is 5.87. The first-order chi connectivity index (χ1) is 13.0. The number of aromatic nitrogens is 1. The second-order valence-corrected chi connectivity index (χ2v) is 8.57. The van der Waals surface area contributed by atoms with Gasteiger partial charge in [-0.25, -0.2) is 12.7 Å². The van der Waals surface area contributed by atoms with E-state index in [1.165, 1.54) is 39.2 Å². The molecule has 0 unspecified atom stereocenters. The van der Waals surface area contributed by atoms with E-state index in [4.69, 9.17) is 9.26 Å². The SMILES string of the molecule is Cc1noc(C)c1CC(=O)O[C@@H](C)C(=O)Nc1cccc(S(=O)(=O)N(C)C)c1. The zero-order valence-corrected chi connectivity index (χ0v) is 17.2. The Balaban J connectivity index is 2.02. The largest absolute Gasteiger partial charge is 0.452 e. The van der Waals surface area contributed by atoms with Crippen LogP contribution in [0, 0.1) is 13.8 Å². The number of nitrogens with zero attached hydrogens (tertiary/aromatic N) is 2. The summed E-state index contributed by atoms with van der Waals surface area (Å²) in [5, 5.41) is 6.32. The van der Waals surface area contributed by atoms with Crippen LogP contribution in [0.25, 0.3) is 0 Å². The third kappa shape index (κ3) is 4.96. The first kappa shape index (κ1) is 21.6. The van der Waals surface area contributed by atoms with E-state index in [1.807, 2.05) is 0 Å². The van der Waals surface area contributed by atoms with Crippen molar-refractivity contribution >= 4 is 27.6 Å². The predicted octanol–water partition coefficient (Wildman–Crippen LogP) is 1.65. The average Bonchev–Trinajstić information content (AvgIpc) is 2.93. The summed E-state index contributed by atoms with van der Waals surface area (Å²) < 4.78 is 35.6. The quantitative estimate of drug-likeness (QED) is 0.691. The van der Waals surface area contributed by atoms with Crippen molar-refractivity contribution in [2.45, 2.75) is 38.2 Å². The van der Waals surface area contributed by atoms with Crippen molar-refractivity contribution < 1.29 is 27.3 Å². The van der Waals surface area contributed by atoms with Gasteiger partial charge in [0.05, 0.1) is 17.0 Å². The Morgan fingerprint density at radius 1 is 1.29 bits per heavy atom. The molecule has 1 heterocycles. The summed E-state index contributed by atoms with van der Waals surface area (Å²) >= 11 is 0. The Bertz CT molecular complexity index is 961. The number of esters is 1. The van der Waals surface area contributed by atoms with Crippen molar-refractivity contribution in [3.05, 3.63) is 41.3 Å². The highest BCUT2D eigenvalue weighted by Crippen LogP contribution is 2.18. The molecule has 9 nitrogen and oxygen atoms in total. The van der Waals surface area contributed by atoms with Crippen molar-refractivity contribution in [2.75, 3.05) is 19.4 Å². The summed E-state index contributed by atoms with van der Waals surface area (Å²) in [4.78, 5) is 24.4. The van der Waals surface area contributed by atoms with Gasteiger partial charge in [0.25, 0.3) is 5.91 Å². The molecular formula is C18H23N3O6S. The molecule has 0 fully saturated rings. The molecule has 0 radical (unpaired) electrons. The number of carbonyl (C=O) groups excluding carboxylic acids is 2. The lowest BCUT2D eigenvalue weighted by atomic mass is 10.1. The smallest absolute Gasteiger partial charge is 0.311 e. The van der Waals surface area contributed by atoms with Crippen molar-refractivity contribution in [3.63, 3.8) is 0 Å². The highest BCUT2D eigenvalue weighted by atomic mass is 32.2. The summed E-state index contributed by atoms with van der Waals surface area (Å²) in [6.45, 7) is 4.83. The van der Waals surface area contributed by atoms with Gasteiger partial charge in [-0.05, 0) is 39.0 Å². The minimum atomic E-state index is -3.63. The Morgan fingerprint density at radius 3 is 2.54 bits per heavy atom. The average molecular weight is 409 g/mol. The zero-order chi connectivity index (χ0) is 21.1. The molecule has 1 aromatic carbocycles. The van der Waals surface area contributed by atoms with Gasteiger partial charge in [-0.2, -0.15) is 0 Å². The maximum absolute atomic E-state index is 12.3. The molecule has 2 rings (SSSR count). The minimum absolute atomic E-state index is 0.0401. The van der Waals surface area contributed by atoms with Crippen molar-refractivity contribution in [1.29, 1.82) is 0 Å². The topological polar surface area (TPSA) is 119 Å². The summed E-state index contributed by atoms with van der Waals surface area (Å²) in [6.07, 6.45) is -1.13. The number of anilines is 1. The first-order valence-electron chi connectivity index (χ1n) is 8.47. The zero-order valence-electron chi connectivity index (χ0n) is 16.3. The second kappa shape index (κ2) is 8.53. The molecule has 0 saturated heterocycles. The van der Waals surface area contributed by atoms with E-state index in [9.17, 15) is 18.0 Å². The normalized spacial score (nSPS) is 12.6. The molecule has 0 aliphatic carbocycles. The molecule has 1 aromatic heterocycles. The van der Waals surface area contributed by atoms with Gasteiger partial charge < -0.3 is 14.6 Å². The number of amides is 1. The van der Waals surface area contributed by atoms with Crippen LogP contribution < -0.4 is 5.32 Å². The van der Waals surface area contributed by atoms with Crippen LogP contribution in [0.15, 0.2) is 33.7 Å². The van der Waals surface area contributed by atoms with Crippen LogP contribution in [-0.2, 0) is 30.8 Å². The maximum Gasteiger partial charge on any atom is 0.311 e. The lowest BCUT2D eigenvalue weighted by Crippen LogP contribution is -2.30. The van der Waals surface area contributed by atoms with Crippen LogP contribution in [-0.4, -0.2) is 50.0 Å². The van der Waals surface area contributed by atoms with Crippen molar-refractivity contribution in [2.24, 2.45) is 0 Å². The van der Waals surface area contributed by atoms with Gasteiger partial charge in [-0.15, -0.1) is 0 Å². The van der Waals surface area contributed by atoms with E-state index in [2.05, 4.69) is 10.5 Å². The van der Waals surface area contributed by atoms with Gasteiger partial charge in [-0.1, -0.05) is 11.2 Å². The molecule has 0 saturated carbocycles. The number of sulfonamides is 1. The lowest BCUT2D eigenvalue weighted by Gasteiger charge is -2.15. The third-order valence-electron chi connectivity index (χ3n) is 4.06. The fraction of sp³-hybridized carbons (Fsp3) is 0.389. The number of rotatable bonds is 7. The number of hydrogen-bond acceptors (Lipinski definition) is 7.